The zero-order chi connectivity index (χ0) is 14.5. The molecule has 0 aromatic carbocycles. The topological polar surface area (TPSA) is 70.7 Å². The van der Waals surface area contributed by atoms with Gasteiger partial charge in [0.25, 0.3) is 0 Å². The molecule has 0 aromatic heterocycles. The zero-order valence-corrected chi connectivity index (χ0v) is 12.3. The summed E-state index contributed by atoms with van der Waals surface area (Å²) in [5.41, 5.74) is -0.469. The Labute approximate surface area is 114 Å². The quantitative estimate of drug-likeness (QED) is 0.723. The van der Waals surface area contributed by atoms with Gasteiger partial charge in [-0.2, -0.15) is 0 Å². The van der Waals surface area contributed by atoms with E-state index in [4.69, 9.17) is 4.74 Å². The molecular weight excluding hydrogens is 246 g/mol. The minimum atomic E-state index is -0.469. The third-order valence-corrected chi connectivity index (χ3v) is 2.84. The third kappa shape index (κ3) is 5.92. The first-order valence-electron chi connectivity index (χ1n) is 6.75. The van der Waals surface area contributed by atoms with E-state index in [2.05, 4.69) is 10.6 Å². The number of rotatable bonds is 5. The van der Waals surface area contributed by atoms with Crippen molar-refractivity contribution in [2.75, 3.05) is 26.7 Å². The molecule has 2 amide bonds. The van der Waals surface area contributed by atoms with Gasteiger partial charge < -0.3 is 20.3 Å². The van der Waals surface area contributed by atoms with E-state index in [0.717, 1.165) is 19.4 Å². The number of likely N-dealkylation sites (N-methyl/N-ethyl adjacent to an activating group) is 1. The minimum absolute atomic E-state index is 0.0634. The van der Waals surface area contributed by atoms with Gasteiger partial charge in [0.15, 0.2) is 0 Å². The van der Waals surface area contributed by atoms with Crippen molar-refractivity contribution >= 4 is 12.0 Å². The molecule has 2 N–H and O–H groups in total. The van der Waals surface area contributed by atoms with Crippen molar-refractivity contribution in [2.45, 2.75) is 45.3 Å². The summed E-state index contributed by atoms with van der Waals surface area (Å²) in [4.78, 5) is 24.7. The van der Waals surface area contributed by atoms with Crippen LogP contribution in [0.3, 0.4) is 0 Å². The van der Waals surface area contributed by atoms with Crippen molar-refractivity contribution < 1.29 is 14.3 Å². The number of nitrogens with zero attached hydrogens (tertiary/aromatic N) is 1. The summed E-state index contributed by atoms with van der Waals surface area (Å²) in [5, 5.41) is 5.89. The van der Waals surface area contributed by atoms with Gasteiger partial charge in [-0.25, -0.2) is 4.79 Å². The van der Waals surface area contributed by atoms with Crippen LogP contribution in [0.2, 0.25) is 0 Å². The van der Waals surface area contributed by atoms with Crippen molar-refractivity contribution in [3.8, 4) is 0 Å². The third-order valence-electron chi connectivity index (χ3n) is 2.84. The van der Waals surface area contributed by atoms with Crippen LogP contribution in [-0.4, -0.2) is 55.2 Å². The van der Waals surface area contributed by atoms with Crippen LogP contribution in [0, 0.1) is 0 Å². The molecule has 0 aliphatic carbocycles. The van der Waals surface area contributed by atoms with E-state index in [1.54, 1.807) is 4.90 Å². The second-order valence-corrected chi connectivity index (χ2v) is 5.84. The van der Waals surface area contributed by atoms with Gasteiger partial charge in [-0.3, -0.25) is 4.79 Å². The summed E-state index contributed by atoms with van der Waals surface area (Å²) < 4.78 is 5.12. The van der Waals surface area contributed by atoms with Crippen molar-refractivity contribution in [1.29, 1.82) is 0 Å². The second kappa shape index (κ2) is 6.75. The lowest BCUT2D eigenvalue weighted by atomic mass is 10.2. The van der Waals surface area contributed by atoms with E-state index in [9.17, 15) is 9.59 Å². The largest absolute Gasteiger partial charge is 0.444 e. The van der Waals surface area contributed by atoms with Crippen LogP contribution in [0.1, 0.15) is 33.6 Å². The van der Waals surface area contributed by atoms with Crippen molar-refractivity contribution in [1.82, 2.24) is 15.5 Å². The van der Waals surface area contributed by atoms with Crippen LogP contribution in [-0.2, 0) is 9.53 Å². The Hall–Kier alpha value is -1.30. The van der Waals surface area contributed by atoms with Crippen LogP contribution in [0.15, 0.2) is 0 Å². The Morgan fingerprint density at radius 3 is 2.63 bits per heavy atom. The molecule has 1 heterocycles. The smallest absolute Gasteiger partial charge is 0.407 e. The van der Waals surface area contributed by atoms with Gasteiger partial charge in [0.05, 0.1) is 6.04 Å². The Balaban J connectivity index is 2.06. The summed E-state index contributed by atoms with van der Waals surface area (Å²) in [6.45, 7) is 7.55. The fraction of sp³-hybridized carbons (Fsp3) is 0.846. The van der Waals surface area contributed by atoms with Gasteiger partial charge in [-0.1, -0.05) is 0 Å². The highest BCUT2D eigenvalue weighted by Gasteiger charge is 2.27. The van der Waals surface area contributed by atoms with Crippen molar-refractivity contribution in [3.63, 3.8) is 0 Å². The molecular formula is C13H25N3O3. The molecule has 0 radical (unpaired) electrons. The number of alkyl carbamates (subject to hydrolysis) is 1. The molecule has 1 aliphatic rings. The Morgan fingerprint density at radius 2 is 2.11 bits per heavy atom. The van der Waals surface area contributed by atoms with E-state index in [1.165, 1.54) is 0 Å². The summed E-state index contributed by atoms with van der Waals surface area (Å²) >= 11 is 0. The maximum absolute atomic E-state index is 11.6. The van der Waals surface area contributed by atoms with Crippen LogP contribution >= 0.6 is 0 Å². The van der Waals surface area contributed by atoms with E-state index in [-0.39, 0.29) is 11.9 Å². The maximum Gasteiger partial charge on any atom is 0.407 e. The molecule has 1 atom stereocenters. The molecule has 1 saturated heterocycles. The Kier molecular flexibility index (Phi) is 5.60. The molecule has 1 rings (SSSR count). The Bertz CT molecular complexity index is 326. The Morgan fingerprint density at radius 1 is 1.42 bits per heavy atom. The summed E-state index contributed by atoms with van der Waals surface area (Å²) in [5.74, 6) is 0.153. The van der Waals surface area contributed by atoms with Crippen LogP contribution in [0.4, 0.5) is 4.79 Å². The van der Waals surface area contributed by atoms with Crippen LogP contribution in [0.25, 0.3) is 0 Å². The van der Waals surface area contributed by atoms with Gasteiger partial charge in [-0.15, -0.1) is 0 Å². The molecule has 6 heteroatoms. The highest BCUT2D eigenvalue weighted by Crippen LogP contribution is 2.08. The fourth-order valence-corrected chi connectivity index (χ4v) is 1.88. The van der Waals surface area contributed by atoms with Crippen LogP contribution < -0.4 is 10.6 Å². The lowest BCUT2D eigenvalue weighted by molar-refractivity contribution is -0.128. The van der Waals surface area contributed by atoms with Gasteiger partial charge >= 0.3 is 6.09 Å². The van der Waals surface area contributed by atoms with E-state index < -0.39 is 11.7 Å². The minimum Gasteiger partial charge on any atom is -0.444 e. The fourth-order valence-electron chi connectivity index (χ4n) is 1.88. The SMILES string of the molecule is CN1CCC(NCCCNC(=O)OC(C)(C)C)C1=O. The average Bonchev–Trinajstić information content (AvgIpc) is 2.58. The van der Waals surface area contributed by atoms with Crippen molar-refractivity contribution in [3.05, 3.63) is 0 Å². The molecule has 1 aliphatic heterocycles. The van der Waals surface area contributed by atoms with Crippen molar-refractivity contribution in [2.24, 2.45) is 0 Å². The second-order valence-electron chi connectivity index (χ2n) is 5.84. The lowest BCUT2D eigenvalue weighted by Gasteiger charge is -2.19. The zero-order valence-electron chi connectivity index (χ0n) is 12.3. The normalized spacial score (nSPS) is 19.7. The number of ether oxygens (including phenoxy) is 1. The number of carbonyl (C=O) groups is 2. The monoisotopic (exact) mass is 271 g/mol. The summed E-state index contributed by atoms with van der Waals surface area (Å²) in [6, 6.07) is -0.0634. The molecule has 110 valence electrons. The highest BCUT2D eigenvalue weighted by molar-refractivity contribution is 5.83. The molecule has 1 unspecified atom stereocenters. The maximum atomic E-state index is 11.6. The molecule has 0 spiro atoms. The molecule has 19 heavy (non-hydrogen) atoms. The number of nitrogens with one attached hydrogen (secondary N) is 2. The number of hydrogen-bond acceptors (Lipinski definition) is 4. The predicted octanol–water partition coefficient (Wildman–Crippen LogP) is 0.722. The van der Waals surface area contributed by atoms with E-state index in [1.807, 2.05) is 27.8 Å². The first-order chi connectivity index (χ1) is 8.79. The molecule has 0 aromatic rings. The lowest BCUT2D eigenvalue weighted by Crippen LogP contribution is -2.39. The number of likely N-dealkylation sites (tertiary alicyclic amines) is 1. The predicted molar refractivity (Wildman–Crippen MR) is 72.9 cm³/mol. The van der Waals surface area contributed by atoms with Gasteiger partial charge in [0.1, 0.15) is 5.60 Å². The van der Waals surface area contributed by atoms with Gasteiger partial charge in [-0.05, 0) is 40.2 Å². The van der Waals surface area contributed by atoms with Gasteiger partial charge in [0, 0.05) is 20.1 Å². The molecule has 0 bridgehead atoms. The average molecular weight is 271 g/mol. The number of amides is 2. The number of hydrogen-bond donors (Lipinski definition) is 2. The first kappa shape index (κ1) is 15.8. The highest BCUT2D eigenvalue weighted by atomic mass is 16.6. The summed E-state index contributed by atoms with van der Waals surface area (Å²) in [7, 11) is 1.81. The van der Waals surface area contributed by atoms with Gasteiger partial charge in [0.2, 0.25) is 5.91 Å². The first-order valence-corrected chi connectivity index (χ1v) is 6.75. The standard InChI is InChI=1S/C13H25N3O3/c1-13(2,3)19-12(18)15-8-5-7-14-10-6-9-16(4)11(10)17/h10,14H,5-9H2,1-4H3,(H,15,18). The molecule has 6 nitrogen and oxygen atoms in total. The van der Waals surface area contributed by atoms with E-state index >= 15 is 0 Å². The number of carbonyl (C=O) groups excluding carboxylic acids is 2. The van der Waals surface area contributed by atoms with Crippen LogP contribution in [0.5, 0.6) is 0 Å². The summed E-state index contributed by atoms with van der Waals surface area (Å²) in [6.07, 6.45) is 1.23. The molecule has 1 fully saturated rings. The molecule has 0 saturated carbocycles. The van der Waals surface area contributed by atoms with E-state index in [0.29, 0.717) is 13.1 Å².